The van der Waals surface area contributed by atoms with Crippen LogP contribution in [0.5, 0.6) is 5.88 Å². The Morgan fingerprint density at radius 2 is 2.05 bits per heavy atom. The van der Waals surface area contributed by atoms with Crippen molar-refractivity contribution in [3.63, 3.8) is 0 Å². The van der Waals surface area contributed by atoms with Crippen molar-refractivity contribution in [1.29, 1.82) is 5.26 Å². The van der Waals surface area contributed by atoms with Gasteiger partial charge in [-0.2, -0.15) is 5.26 Å². The Balaban J connectivity index is 2.08. The number of hydrogen-bond acceptors (Lipinski definition) is 4. The number of halogens is 1. The molecule has 6 heteroatoms. The molecular weight excluding hydrogens is 300 g/mol. The van der Waals surface area contributed by atoms with Crippen molar-refractivity contribution in [2.75, 3.05) is 5.73 Å². The Morgan fingerprint density at radius 1 is 1.32 bits per heavy atom. The standard InChI is InChI=1S/C16H19ClN4O/c1-2-3-4-9-21-15(19)14(10-18)16(20-21)22-11-12-5-7-13(17)8-6-12/h5-8H,2-4,9,11,19H2,1H3. The van der Waals surface area contributed by atoms with E-state index in [9.17, 15) is 5.26 Å². The third kappa shape index (κ3) is 3.92. The van der Waals surface area contributed by atoms with Crippen LogP contribution in [-0.4, -0.2) is 9.78 Å². The lowest BCUT2D eigenvalue weighted by Gasteiger charge is -2.03. The Bertz CT molecular complexity index is 658. The predicted molar refractivity (Wildman–Crippen MR) is 86.7 cm³/mol. The second-order valence-corrected chi connectivity index (χ2v) is 5.46. The summed E-state index contributed by atoms with van der Waals surface area (Å²) in [6.45, 7) is 3.14. The number of nitrogens with two attached hydrogens (primary N) is 1. The maximum Gasteiger partial charge on any atom is 0.253 e. The van der Waals surface area contributed by atoms with Gasteiger partial charge in [0, 0.05) is 11.6 Å². The maximum absolute atomic E-state index is 9.24. The molecule has 0 aliphatic heterocycles. The summed E-state index contributed by atoms with van der Waals surface area (Å²) in [6.07, 6.45) is 3.19. The molecule has 2 aromatic rings. The molecule has 5 nitrogen and oxygen atoms in total. The minimum atomic E-state index is 0.284. The Labute approximate surface area is 135 Å². The van der Waals surface area contributed by atoms with E-state index in [0.717, 1.165) is 24.8 Å². The van der Waals surface area contributed by atoms with E-state index in [0.29, 0.717) is 29.6 Å². The van der Waals surface area contributed by atoms with Gasteiger partial charge in [0.2, 0.25) is 0 Å². The summed E-state index contributed by atoms with van der Waals surface area (Å²) in [4.78, 5) is 0. The average Bonchev–Trinajstić information content (AvgIpc) is 2.82. The van der Waals surface area contributed by atoms with Crippen LogP contribution in [0.25, 0.3) is 0 Å². The van der Waals surface area contributed by atoms with Gasteiger partial charge >= 0.3 is 0 Å². The average molecular weight is 319 g/mol. The highest BCUT2D eigenvalue weighted by molar-refractivity contribution is 6.30. The highest BCUT2D eigenvalue weighted by Crippen LogP contribution is 2.24. The van der Waals surface area contributed by atoms with Gasteiger partial charge in [0.15, 0.2) is 5.56 Å². The number of nitrogen functional groups attached to an aromatic ring is 1. The minimum Gasteiger partial charge on any atom is -0.471 e. The summed E-state index contributed by atoms with van der Waals surface area (Å²) >= 11 is 5.84. The largest absolute Gasteiger partial charge is 0.471 e. The SMILES string of the molecule is CCCCCn1nc(OCc2ccc(Cl)cc2)c(C#N)c1N. The number of anilines is 1. The monoisotopic (exact) mass is 318 g/mol. The zero-order valence-electron chi connectivity index (χ0n) is 12.6. The van der Waals surface area contributed by atoms with Crippen LogP contribution in [0.3, 0.4) is 0 Å². The van der Waals surface area contributed by atoms with Crippen LogP contribution in [-0.2, 0) is 13.2 Å². The number of unbranched alkanes of at least 4 members (excludes halogenated alkanes) is 2. The lowest BCUT2D eigenvalue weighted by atomic mass is 10.2. The lowest BCUT2D eigenvalue weighted by molar-refractivity contribution is 0.288. The fraction of sp³-hybridized carbons (Fsp3) is 0.375. The van der Waals surface area contributed by atoms with Gasteiger partial charge in [0.25, 0.3) is 5.88 Å². The second kappa shape index (κ2) is 7.71. The smallest absolute Gasteiger partial charge is 0.253 e. The maximum atomic E-state index is 9.24. The molecule has 0 unspecified atom stereocenters. The minimum absolute atomic E-state index is 0.284. The van der Waals surface area contributed by atoms with Crippen molar-refractivity contribution >= 4 is 17.4 Å². The summed E-state index contributed by atoms with van der Waals surface area (Å²) in [6, 6.07) is 9.40. The van der Waals surface area contributed by atoms with Crippen LogP contribution >= 0.6 is 11.6 Å². The molecule has 1 aromatic carbocycles. The quantitative estimate of drug-likeness (QED) is 0.788. The number of nitriles is 1. The van der Waals surface area contributed by atoms with Gasteiger partial charge in [-0.3, -0.25) is 0 Å². The van der Waals surface area contributed by atoms with Crippen molar-refractivity contribution in [2.24, 2.45) is 0 Å². The molecule has 2 rings (SSSR count). The van der Waals surface area contributed by atoms with E-state index >= 15 is 0 Å². The van der Waals surface area contributed by atoms with Gasteiger partial charge in [0.05, 0.1) is 0 Å². The molecule has 1 aromatic heterocycles. The first-order chi connectivity index (χ1) is 10.7. The molecule has 0 amide bonds. The molecule has 0 spiro atoms. The number of nitrogens with zero attached hydrogens (tertiary/aromatic N) is 3. The molecule has 0 atom stereocenters. The fourth-order valence-electron chi connectivity index (χ4n) is 2.07. The highest BCUT2D eigenvalue weighted by atomic mass is 35.5. The highest BCUT2D eigenvalue weighted by Gasteiger charge is 2.16. The van der Waals surface area contributed by atoms with Crippen molar-refractivity contribution in [2.45, 2.75) is 39.3 Å². The molecule has 0 aliphatic carbocycles. The first kappa shape index (κ1) is 16.2. The molecule has 1 heterocycles. The molecule has 116 valence electrons. The topological polar surface area (TPSA) is 76.9 Å². The molecule has 22 heavy (non-hydrogen) atoms. The summed E-state index contributed by atoms with van der Waals surface area (Å²) in [5, 5.41) is 14.2. The van der Waals surface area contributed by atoms with E-state index in [1.54, 1.807) is 16.8 Å². The van der Waals surface area contributed by atoms with Crippen LogP contribution in [0.15, 0.2) is 24.3 Å². The number of benzene rings is 1. The van der Waals surface area contributed by atoms with Gasteiger partial charge in [-0.1, -0.05) is 43.5 Å². The van der Waals surface area contributed by atoms with Crippen LogP contribution < -0.4 is 10.5 Å². The van der Waals surface area contributed by atoms with Crippen molar-refractivity contribution in [3.8, 4) is 11.9 Å². The third-order valence-electron chi connectivity index (χ3n) is 3.33. The van der Waals surface area contributed by atoms with Gasteiger partial charge in [-0.15, -0.1) is 5.10 Å². The fourth-order valence-corrected chi connectivity index (χ4v) is 2.20. The van der Waals surface area contributed by atoms with Gasteiger partial charge in [0.1, 0.15) is 18.5 Å². The first-order valence-electron chi connectivity index (χ1n) is 7.29. The molecule has 0 bridgehead atoms. The summed E-state index contributed by atoms with van der Waals surface area (Å²) in [5.74, 6) is 0.649. The number of hydrogen-bond donors (Lipinski definition) is 1. The van der Waals surface area contributed by atoms with E-state index in [1.165, 1.54) is 0 Å². The Kier molecular flexibility index (Phi) is 5.68. The van der Waals surface area contributed by atoms with Gasteiger partial charge < -0.3 is 10.5 Å². The van der Waals surface area contributed by atoms with E-state index in [4.69, 9.17) is 22.1 Å². The summed E-state index contributed by atoms with van der Waals surface area (Å²) < 4.78 is 7.29. The molecule has 0 saturated heterocycles. The molecule has 2 N–H and O–H groups in total. The normalized spacial score (nSPS) is 10.4. The van der Waals surface area contributed by atoms with Crippen LogP contribution in [0, 0.1) is 11.3 Å². The molecular formula is C16H19ClN4O. The van der Waals surface area contributed by atoms with Crippen LogP contribution in [0.1, 0.15) is 37.3 Å². The van der Waals surface area contributed by atoms with Crippen molar-refractivity contribution < 1.29 is 4.74 Å². The second-order valence-electron chi connectivity index (χ2n) is 5.02. The first-order valence-corrected chi connectivity index (χ1v) is 7.67. The molecule has 0 fully saturated rings. The summed E-state index contributed by atoms with van der Waals surface area (Å²) in [5.41, 5.74) is 7.21. The molecule has 0 saturated carbocycles. The van der Waals surface area contributed by atoms with E-state index < -0.39 is 0 Å². The number of rotatable bonds is 7. The van der Waals surface area contributed by atoms with Gasteiger partial charge in [-0.05, 0) is 24.1 Å². The van der Waals surface area contributed by atoms with Crippen LogP contribution in [0.2, 0.25) is 5.02 Å². The Hall–Kier alpha value is -2.19. The molecule has 0 aliphatic rings. The number of aromatic nitrogens is 2. The van der Waals surface area contributed by atoms with E-state index in [2.05, 4.69) is 18.1 Å². The third-order valence-corrected chi connectivity index (χ3v) is 3.59. The van der Waals surface area contributed by atoms with Gasteiger partial charge in [-0.25, -0.2) is 4.68 Å². The van der Waals surface area contributed by atoms with Crippen molar-refractivity contribution in [1.82, 2.24) is 9.78 Å². The summed E-state index contributed by atoms with van der Waals surface area (Å²) in [7, 11) is 0. The lowest BCUT2D eigenvalue weighted by Crippen LogP contribution is -2.05. The van der Waals surface area contributed by atoms with Crippen LogP contribution in [0.4, 0.5) is 5.82 Å². The molecule has 0 radical (unpaired) electrons. The number of ether oxygens (including phenoxy) is 1. The van der Waals surface area contributed by atoms with E-state index in [1.807, 2.05) is 12.1 Å². The number of aryl methyl sites for hydroxylation is 1. The van der Waals surface area contributed by atoms with E-state index in [-0.39, 0.29) is 5.88 Å². The Morgan fingerprint density at radius 3 is 2.68 bits per heavy atom. The zero-order valence-corrected chi connectivity index (χ0v) is 13.3. The zero-order chi connectivity index (χ0) is 15.9. The van der Waals surface area contributed by atoms with Crippen molar-refractivity contribution in [3.05, 3.63) is 40.4 Å². The predicted octanol–water partition coefficient (Wildman–Crippen LogP) is 3.76.